The van der Waals surface area contributed by atoms with Crippen LogP contribution in [0.2, 0.25) is 5.02 Å². The number of benzene rings is 2. The third-order valence-corrected chi connectivity index (χ3v) is 9.16. The van der Waals surface area contributed by atoms with Crippen LogP contribution < -0.4 is 4.72 Å². The number of halogens is 1. The number of sulfonamides is 2. The van der Waals surface area contributed by atoms with Gasteiger partial charge in [0, 0.05) is 23.3 Å². The van der Waals surface area contributed by atoms with E-state index in [0.717, 1.165) is 19.3 Å². The average molecular weight is 457 g/mol. The highest BCUT2D eigenvalue weighted by Crippen LogP contribution is 2.28. The largest absolute Gasteiger partial charge is 0.280 e. The van der Waals surface area contributed by atoms with Crippen LogP contribution in [0.25, 0.3) is 0 Å². The molecule has 0 spiro atoms. The number of nitrogens with one attached hydrogen (secondary N) is 1. The van der Waals surface area contributed by atoms with Crippen molar-refractivity contribution in [3.05, 3.63) is 52.5 Å². The first kappa shape index (κ1) is 22.1. The quantitative estimate of drug-likeness (QED) is 0.726. The SMILES string of the molecule is Cc1cc(S(=O)(=O)Nc2ccc(S(=O)(=O)N3CCCC[C@@H]3C)cc2)c(C)cc1Cl. The third-order valence-electron chi connectivity index (χ3n) is 5.20. The van der Waals surface area contributed by atoms with Crippen LogP contribution in [0.1, 0.15) is 37.3 Å². The zero-order chi connectivity index (χ0) is 21.4. The number of aryl methyl sites for hydroxylation is 2. The molecule has 1 atom stereocenters. The van der Waals surface area contributed by atoms with Gasteiger partial charge in [0.1, 0.15) is 0 Å². The Bertz CT molecular complexity index is 1110. The zero-order valence-corrected chi connectivity index (χ0v) is 19.0. The molecule has 1 heterocycles. The smallest absolute Gasteiger partial charge is 0.262 e. The van der Waals surface area contributed by atoms with E-state index in [1.54, 1.807) is 19.9 Å². The van der Waals surface area contributed by atoms with Crippen LogP contribution in [0.4, 0.5) is 5.69 Å². The summed E-state index contributed by atoms with van der Waals surface area (Å²) in [6.45, 7) is 5.83. The van der Waals surface area contributed by atoms with E-state index in [1.807, 2.05) is 6.92 Å². The minimum Gasteiger partial charge on any atom is -0.280 e. The maximum absolute atomic E-state index is 12.9. The Kier molecular flexibility index (Phi) is 6.29. The van der Waals surface area contributed by atoms with Crippen molar-refractivity contribution >= 4 is 37.3 Å². The van der Waals surface area contributed by atoms with Crippen molar-refractivity contribution in [3.8, 4) is 0 Å². The lowest BCUT2D eigenvalue weighted by Gasteiger charge is -2.32. The molecule has 9 heteroatoms. The van der Waals surface area contributed by atoms with Crippen molar-refractivity contribution in [1.29, 1.82) is 0 Å². The number of hydrogen-bond acceptors (Lipinski definition) is 4. The van der Waals surface area contributed by atoms with Gasteiger partial charge in [0.2, 0.25) is 10.0 Å². The summed E-state index contributed by atoms with van der Waals surface area (Å²) in [5, 5.41) is 0.503. The van der Waals surface area contributed by atoms with Crippen molar-refractivity contribution in [1.82, 2.24) is 4.31 Å². The first-order valence-electron chi connectivity index (χ1n) is 9.44. The lowest BCUT2D eigenvalue weighted by atomic mass is 10.1. The Morgan fingerprint density at radius 2 is 1.66 bits per heavy atom. The summed E-state index contributed by atoms with van der Waals surface area (Å²) < 4.78 is 55.4. The molecule has 1 N–H and O–H groups in total. The second-order valence-corrected chi connectivity index (χ2v) is 11.4. The predicted octanol–water partition coefficient (Wildman–Crippen LogP) is 4.32. The fraction of sp³-hybridized carbons (Fsp3) is 0.400. The maximum Gasteiger partial charge on any atom is 0.262 e. The van der Waals surface area contributed by atoms with Gasteiger partial charge in [-0.3, -0.25) is 4.72 Å². The predicted molar refractivity (Wildman–Crippen MR) is 115 cm³/mol. The molecule has 6 nitrogen and oxygen atoms in total. The highest BCUT2D eigenvalue weighted by molar-refractivity contribution is 7.92. The number of piperidine rings is 1. The summed E-state index contributed by atoms with van der Waals surface area (Å²) in [5.41, 5.74) is 1.49. The lowest BCUT2D eigenvalue weighted by molar-refractivity contribution is 0.268. The molecule has 3 rings (SSSR count). The molecule has 0 aliphatic carbocycles. The van der Waals surface area contributed by atoms with E-state index in [-0.39, 0.29) is 15.8 Å². The number of rotatable bonds is 5. The third kappa shape index (κ3) is 4.60. The van der Waals surface area contributed by atoms with Gasteiger partial charge in [-0.15, -0.1) is 0 Å². The van der Waals surface area contributed by atoms with E-state index < -0.39 is 20.0 Å². The summed E-state index contributed by atoms with van der Waals surface area (Å²) in [6.07, 6.45) is 2.72. The first-order chi connectivity index (χ1) is 13.5. The molecule has 1 aliphatic rings. The van der Waals surface area contributed by atoms with E-state index in [1.165, 1.54) is 34.6 Å². The summed E-state index contributed by atoms with van der Waals surface area (Å²) >= 11 is 6.05. The first-order valence-corrected chi connectivity index (χ1v) is 12.7. The second kappa shape index (κ2) is 8.26. The Hall–Kier alpha value is -1.61. The minimum absolute atomic E-state index is 0.0388. The molecular weight excluding hydrogens is 432 g/mol. The van der Waals surface area contributed by atoms with E-state index in [2.05, 4.69) is 4.72 Å². The van der Waals surface area contributed by atoms with E-state index in [4.69, 9.17) is 11.6 Å². The van der Waals surface area contributed by atoms with Gasteiger partial charge < -0.3 is 0 Å². The van der Waals surface area contributed by atoms with Crippen molar-refractivity contribution in [2.75, 3.05) is 11.3 Å². The van der Waals surface area contributed by atoms with E-state index in [9.17, 15) is 16.8 Å². The standard InChI is InChI=1S/C20H25ClN2O4S2/c1-14-13-20(15(2)12-19(14)21)28(24,25)22-17-7-9-18(10-8-17)29(26,27)23-11-5-4-6-16(23)3/h7-10,12-13,16,22H,4-6,11H2,1-3H3/t16-/m0/s1. The normalized spacial score (nSPS) is 18.6. The van der Waals surface area contributed by atoms with Crippen molar-refractivity contribution in [3.63, 3.8) is 0 Å². The van der Waals surface area contributed by atoms with Crippen LogP contribution in [0.5, 0.6) is 0 Å². The van der Waals surface area contributed by atoms with Gasteiger partial charge in [0.15, 0.2) is 0 Å². The Balaban J connectivity index is 1.84. The fourth-order valence-electron chi connectivity index (χ4n) is 3.51. The molecule has 158 valence electrons. The molecule has 29 heavy (non-hydrogen) atoms. The molecule has 1 aliphatic heterocycles. The molecular formula is C20H25ClN2O4S2. The number of anilines is 1. The van der Waals surface area contributed by atoms with E-state index >= 15 is 0 Å². The summed E-state index contributed by atoms with van der Waals surface area (Å²) in [5.74, 6) is 0. The van der Waals surface area contributed by atoms with Gasteiger partial charge in [-0.1, -0.05) is 18.0 Å². The Morgan fingerprint density at radius 1 is 1.00 bits per heavy atom. The minimum atomic E-state index is -3.83. The maximum atomic E-state index is 12.9. The highest BCUT2D eigenvalue weighted by atomic mass is 35.5. The number of hydrogen-bond donors (Lipinski definition) is 1. The Morgan fingerprint density at radius 3 is 2.28 bits per heavy atom. The molecule has 0 saturated carbocycles. The van der Waals surface area contributed by atoms with Crippen molar-refractivity contribution < 1.29 is 16.8 Å². The van der Waals surface area contributed by atoms with Crippen LogP contribution >= 0.6 is 11.6 Å². The van der Waals surface area contributed by atoms with Crippen molar-refractivity contribution in [2.24, 2.45) is 0 Å². The van der Waals surface area contributed by atoms with Gasteiger partial charge in [0.25, 0.3) is 10.0 Å². The van der Waals surface area contributed by atoms with Crippen LogP contribution in [0.3, 0.4) is 0 Å². The van der Waals surface area contributed by atoms with Crippen LogP contribution in [0.15, 0.2) is 46.2 Å². The molecule has 1 fully saturated rings. The van der Waals surface area contributed by atoms with Gasteiger partial charge >= 0.3 is 0 Å². The van der Waals surface area contributed by atoms with Gasteiger partial charge in [0.05, 0.1) is 9.79 Å². The Labute approximate surface area is 178 Å². The summed E-state index contributed by atoms with van der Waals surface area (Å²) in [4.78, 5) is 0.297. The average Bonchev–Trinajstić information content (AvgIpc) is 2.65. The topological polar surface area (TPSA) is 83.5 Å². The van der Waals surface area contributed by atoms with Crippen LogP contribution in [-0.4, -0.2) is 33.7 Å². The molecule has 0 radical (unpaired) electrons. The molecule has 0 unspecified atom stereocenters. The molecule has 2 aromatic carbocycles. The highest BCUT2D eigenvalue weighted by Gasteiger charge is 2.31. The fourth-order valence-corrected chi connectivity index (χ4v) is 6.80. The molecule has 0 amide bonds. The summed E-state index contributed by atoms with van der Waals surface area (Å²) in [6, 6.07) is 8.91. The van der Waals surface area contributed by atoms with Gasteiger partial charge in [-0.05, 0) is 81.1 Å². The van der Waals surface area contributed by atoms with Crippen LogP contribution in [0, 0.1) is 13.8 Å². The molecule has 0 bridgehead atoms. The van der Waals surface area contributed by atoms with Gasteiger partial charge in [-0.25, -0.2) is 16.8 Å². The zero-order valence-electron chi connectivity index (χ0n) is 16.6. The van der Waals surface area contributed by atoms with Crippen molar-refractivity contribution in [2.45, 2.75) is 55.9 Å². The monoisotopic (exact) mass is 456 g/mol. The second-order valence-electron chi connectivity index (χ2n) is 7.46. The molecule has 0 aromatic heterocycles. The number of nitrogens with zero attached hydrogens (tertiary/aromatic N) is 1. The van der Waals surface area contributed by atoms with E-state index in [0.29, 0.717) is 28.4 Å². The molecule has 2 aromatic rings. The summed E-state index contributed by atoms with van der Waals surface area (Å²) in [7, 11) is -7.43. The van der Waals surface area contributed by atoms with Gasteiger partial charge in [-0.2, -0.15) is 4.31 Å². The molecule has 1 saturated heterocycles. The van der Waals surface area contributed by atoms with Crippen LogP contribution in [-0.2, 0) is 20.0 Å². The lowest BCUT2D eigenvalue weighted by Crippen LogP contribution is -2.41.